The number of hydrogen-bond donors (Lipinski definition) is 1. The molecule has 0 bridgehead atoms. The molecule has 0 aliphatic rings. The van der Waals surface area contributed by atoms with Gasteiger partial charge in [-0.05, 0) is 79.9 Å². The Hall–Kier alpha value is -2.98. The fourth-order valence-electron chi connectivity index (χ4n) is 3.01. The van der Waals surface area contributed by atoms with Gasteiger partial charge in [0.05, 0.1) is 10.2 Å². The van der Waals surface area contributed by atoms with Crippen molar-refractivity contribution in [2.45, 2.75) is 20.8 Å². The molecule has 4 heteroatoms. The largest absolute Gasteiger partial charge is 0.322 e. The summed E-state index contributed by atoms with van der Waals surface area (Å²) in [5.74, 6) is -0.0889. The molecule has 1 amide bonds. The molecule has 1 aromatic heterocycles. The Morgan fingerprint density at radius 2 is 1.70 bits per heavy atom. The van der Waals surface area contributed by atoms with Gasteiger partial charge in [-0.3, -0.25) is 4.79 Å². The molecule has 1 N–H and O–H groups in total. The number of aryl methyl sites for hydroxylation is 3. The van der Waals surface area contributed by atoms with Crippen LogP contribution in [0.15, 0.2) is 60.7 Å². The first-order valence-corrected chi connectivity index (χ1v) is 9.68. The Labute approximate surface area is 162 Å². The number of para-hydroxylation sites is 1. The van der Waals surface area contributed by atoms with E-state index in [-0.39, 0.29) is 5.91 Å². The third-order valence-corrected chi connectivity index (χ3v) is 5.87. The van der Waals surface area contributed by atoms with E-state index in [0.29, 0.717) is 5.56 Å². The van der Waals surface area contributed by atoms with E-state index in [2.05, 4.69) is 17.4 Å². The highest BCUT2D eigenvalue weighted by Crippen LogP contribution is 2.32. The van der Waals surface area contributed by atoms with Gasteiger partial charge in [0.1, 0.15) is 5.01 Å². The van der Waals surface area contributed by atoms with Crippen LogP contribution in [-0.2, 0) is 0 Å². The molecule has 4 aromatic rings. The summed E-state index contributed by atoms with van der Waals surface area (Å²) in [4.78, 5) is 17.3. The molecular formula is C23H20N2OS. The summed E-state index contributed by atoms with van der Waals surface area (Å²) >= 11 is 1.68. The molecular weight excluding hydrogens is 352 g/mol. The van der Waals surface area contributed by atoms with Gasteiger partial charge in [-0.2, -0.15) is 0 Å². The number of carbonyl (C=O) groups excluding carboxylic acids is 1. The van der Waals surface area contributed by atoms with Crippen LogP contribution in [0.2, 0.25) is 0 Å². The number of nitrogens with one attached hydrogen (secondary N) is 1. The minimum absolute atomic E-state index is 0.0889. The summed E-state index contributed by atoms with van der Waals surface area (Å²) < 4.78 is 1.18. The molecule has 134 valence electrons. The van der Waals surface area contributed by atoms with Gasteiger partial charge < -0.3 is 5.32 Å². The topological polar surface area (TPSA) is 42.0 Å². The van der Waals surface area contributed by atoms with Crippen LogP contribution in [0.1, 0.15) is 27.0 Å². The first kappa shape index (κ1) is 17.4. The second-order valence-electron chi connectivity index (χ2n) is 6.77. The number of benzene rings is 3. The monoisotopic (exact) mass is 372 g/mol. The van der Waals surface area contributed by atoms with E-state index in [0.717, 1.165) is 32.9 Å². The summed E-state index contributed by atoms with van der Waals surface area (Å²) in [6.07, 6.45) is 0. The van der Waals surface area contributed by atoms with Gasteiger partial charge in [0, 0.05) is 16.8 Å². The second-order valence-corrected chi connectivity index (χ2v) is 7.80. The van der Waals surface area contributed by atoms with Crippen LogP contribution in [-0.4, -0.2) is 10.9 Å². The molecule has 4 rings (SSSR count). The maximum Gasteiger partial charge on any atom is 0.255 e. The Balaban J connectivity index is 1.59. The Kier molecular flexibility index (Phi) is 4.50. The highest BCUT2D eigenvalue weighted by molar-refractivity contribution is 7.21. The molecule has 27 heavy (non-hydrogen) atoms. The average molecular weight is 372 g/mol. The number of rotatable bonds is 3. The summed E-state index contributed by atoms with van der Waals surface area (Å²) in [7, 11) is 0. The standard InChI is InChI=1S/C23H20N2OS/c1-14-8-9-17(12-15(14)2)22(26)24-19-11-10-18(13-16(19)3)23-25-20-6-4-5-7-21(20)27-23/h4-13H,1-3H3,(H,24,26). The lowest BCUT2D eigenvalue weighted by Crippen LogP contribution is -2.13. The van der Waals surface area contributed by atoms with Crippen molar-refractivity contribution in [1.29, 1.82) is 0 Å². The minimum atomic E-state index is -0.0889. The summed E-state index contributed by atoms with van der Waals surface area (Å²) in [5, 5.41) is 4.01. The van der Waals surface area contributed by atoms with Gasteiger partial charge in [0.2, 0.25) is 0 Å². The van der Waals surface area contributed by atoms with Gasteiger partial charge in [0.25, 0.3) is 5.91 Å². The number of aromatic nitrogens is 1. The molecule has 3 aromatic carbocycles. The van der Waals surface area contributed by atoms with Crippen molar-refractivity contribution in [3.63, 3.8) is 0 Å². The molecule has 0 unspecified atom stereocenters. The van der Waals surface area contributed by atoms with Crippen molar-refractivity contribution in [2.24, 2.45) is 0 Å². The van der Waals surface area contributed by atoms with Crippen LogP contribution >= 0.6 is 11.3 Å². The second kappa shape index (κ2) is 6.97. The van der Waals surface area contributed by atoms with E-state index in [9.17, 15) is 4.79 Å². The molecule has 0 aliphatic carbocycles. The lowest BCUT2D eigenvalue weighted by molar-refractivity contribution is 0.102. The smallest absolute Gasteiger partial charge is 0.255 e. The Bertz CT molecular complexity index is 1130. The van der Waals surface area contributed by atoms with Crippen LogP contribution in [0, 0.1) is 20.8 Å². The van der Waals surface area contributed by atoms with Gasteiger partial charge in [-0.15, -0.1) is 11.3 Å². The van der Waals surface area contributed by atoms with E-state index in [1.54, 1.807) is 11.3 Å². The number of nitrogens with zero attached hydrogens (tertiary/aromatic N) is 1. The molecule has 0 saturated heterocycles. The fourth-order valence-corrected chi connectivity index (χ4v) is 3.97. The van der Waals surface area contributed by atoms with Crippen LogP contribution in [0.5, 0.6) is 0 Å². The highest BCUT2D eigenvalue weighted by atomic mass is 32.1. The predicted octanol–water partition coefficient (Wildman–Crippen LogP) is 6.14. The van der Waals surface area contributed by atoms with Crippen LogP contribution in [0.3, 0.4) is 0 Å². The summed E-state index contributed by atoms with van der Waals surface area (Å²) in [6.45, 7) is 6.07. The maximum absolute atomic E-state index is 12.6. The van der Waals surface area contributed by atoms with E-state index >= 15 is 0 Å². The zero-order chi connectivity index (χ0) is 19.0. The number of thiazole rings is 1. The van der Waals surface area contributed by atoms with E-state index < -0.39 is 0 Å². The number of fused-ring (bicyclic) bond motifs is 1. The van der Waals surface area contributed by atoms with Crippen LogP contribution in [0.4, 0.5) is 5.69 Å². The van der Waals surface area contributed by atoms with E-state index in [1.165, 1.54) is 10.3 Å². The van der Waals surface area contributed by atoms with Crippen molar-refractivity contribution in [2.75, 3.05) is 5.32 Å². The quantitative estimate of drug-likeness (QED) is 0.469. The van der Waals surface area contributed by atoms with Gasteiger partial charge >= 0.3 is 0 Å². The third-order valence-electron chi connectivity index (χ3n) is 4.78. The first-order chi connectivity index (χ1) is 13.0. The third kappa shape index (κ3) is 3.49. The summed E-state index contributed by atoms with van der Waals surface area (Å²) in [6, 6.07) is 20.0. The number of carbonyl (C=O) groups is 1. The Morgan fingerprint density at radius 3 is 2.44 bits per heavy atom. The predicted molar refractivity (Wildman–Crippen MR) is 114 cm³/mol. The molecule has 0 aliphatic heterocycles. The number of amides is 1. The highest BCUT2D eigenvalue weighted by Gasteiger charge is 2.11. The molecule has 0 radical (unpaired) electrons. The Morgan fingerprint density at radius 1 is 0.889 bits per heavy atom. The maximum atomic E-state index is 12.6. The van der Waals surface area contributed by atoms with E-state index in [4.69, 9.17) is 4.98 Å². The lowest BCUT2D eigenvalue weighted by atomic mass is 10.1. The van der Waals surface area contributed by atoms with Crippen LogP contribution < -0.4 is 5.32 Å². The van der Waals surface area contributed by atoms with Crippen LogP contribution in [0.25, 0.3) is 20.8 Å². The van der Waals surface area contributed by atoms with Gasteiger partial charge in [-0.1, -0.05) is 18.2 Å². The summed E-state index contributed by atoms with van der Waals surface area (Å²) in [5.41, 5.74) is 6.90. The van der Waals surface area contributed by atoms with Crippen molar-refractivity contribution in [3.05, 3.63) is 82.9 Å². The minimum Gasteiger partial charge on any atom is -0.322 e. The molecule has 0 fully saturated rings. The van der Waals surface area contributed by atoms with E-state index in [1.807, 2.05) is 69.3 Å². The average Bonchev–Trinajstić information content (AvgIpc) is 3.09. The van der Waals surface area contributed by atoms with Gasteiger partial charge in [0.15, 0.2) is 0 Å². The molecule has 0 atom stereocenters. The number of anilines is 1. The van der Waals surface area contributed by atoms with Crippen molar-refractivity contribution in [1.82, 2.24) is 4.98 Å². The molecule has 0 spiro atoms. The SMILES string of the molecule is Cc1ccc(C(=O)Nc2ccc(-c3nc4ccccc4s3)cc2C)cc1C. The van der Waals surface area contributed by atoms with Crippen molar-refractivity contribution >= 4 is 33.1 Å². The zero-order valence-electron chi connectivity index (χ0n) is 15.5. The molecule has 0 saturated carbocycles. The molecule has 3 nitrogen and oxygen atoms in total. The fraction of sp³-hybridized carbons (Fsp3) is 0.130. The molecule has 1 heterocycles. The number of hydrogen-bond acceptors (Lipinski definition) is 3. The van der Waals surface area contributed by atoms with Crippen molar-refractivity contribution in [3.8, 4) is 10.6 Å². The van der Waals surface area contributed by atoms with Crippen molar-refractivity contribution < 1.29 is 4.79 Å². The first-order valence-electron chi connectivity index (χ1n) is 8.86. The lowest BCUT2D eigenvalue weighted by Gasteiger charge is -2.10. The van der Waals surface area contributed by atoms with Gasteiger partial charge in [-0.25, -0.2) is 4.98 Å². The zero-order valence-corrected chi connectivity index (χ0v) is 16.4. The normalized spacial score (nSPS) is 10.9.